The largest absolute Gasteiger partial charge is 0.311 e. The molecule has 2 heterocycles. The van der Waals surface area contributed by atoms with E-state index in [2.05, 4.69) is 39.5 Å². The monoisotopic (exact) mass is 428 g/mol. The number of fused-ring (bicyclic) bond motifs is 3. The molecule has 0 spiro atoms. The van der Waals surface area contributed by atoms with Crippen LogP contribution in [0, 0.1) is 0 Å². The second-order valence-electron chi connectivity index (χ2n) is 6.43. The summed E-state index contributed by atoms with van der Waals surface area (Å²) >= 11 is 0.00694. The zero-order chi connectivity index (χ0) is 17.7. The van der Waals surface area contributed by atoms with Crippen molar-refractivity contribution in [2.75, 3.05) is 26.2 Å². The average Bonchev–Trinajstić information content (AvgIpc) is 2.63. The fourth-order valence-electron chi connectivity index (χ4n) is 3.47. The molecule has 4 N–H and O–H groups in total. The predicted octanol–water partition coefficient (Wildman–Crippen LogP) is 2.14. The molecular weight excluding hydrogens is 400 g/mol. The Morgan fingerprint density at radius 1 is 0.840 bits per heavy atom. The second-order valence-corrected chi connectivity index (χ2v) is 8.38. The summed E-state index contributed by atoms with van der Waals surface area (Å²) in [5.74, 6) is 0. The molecule has 0 radical (unpaired) electrons. The van der Waals surface area contributed by atoms with Gasteiger partial charge in [-0.05, 0) is 25.0 Å². The Morgan fingerprint density at radius 3 is 1.80 bits per heavy atom. The van der Waals surface area contributed by atoms with E-state index in [1.54, 1.807) is 0 Å². The van der Waals surface area contributed by atoms with Gasteiger partial charge in [0.25, 0.3) is 0 Å². The third-order valence-electron chi connectivity index (χ3n) is 4.66. The molecule has 25 heavy (non-hydrogen) atoms. The molecule has 1 fully saturated rings. The molecule has 3 rings (SSSR count). The molecule has 2 bridgehead atoms. The first-order valence-electron chi connectivity index (χ1n) is 9.03. The molecule has 143 valence electrons. The van der Waals surface area contributed by atoms with Crippen LogP contribution >= 0.6 is 20.2 Å². The van der Waals surface area contributed by atoms with Crippen molar-refractivity contribution in [1.29, 1.82) is 0 Å². The Hall–Kier alpha value is 0.0895. The molecule has 1 aliphatic carbocycles. The van der Waals surface area contributed by atoms with Gasteiger partial charge in [0.15, 0.2) is 0 Å². The minimum Gasteiger partial charge on any atom is -0.311 e. The smallest absolute Gasteiger partial charge is 0.0545 e. The number of pyridine rings is 1. The van der Waals surface area contributed by atoms with E-state index >= 15 is 0 Å². The third kappa shape index (κ3) is 8.54. The Balaban J connectivity index is 0.000000701. The van der Waals surface area contributed by atoms with Crippen molar-refractivity contribution in [3.8, 4) is 0 Å². The van der Waals surface area contributed by atoms with Crippen molar-refractivity contribution in [3.63, 3.8) is 0 Å². The molecule has 8 heteroatoms. The molecule has 1 aromatic heterocycles. The summed E-state index contributed by atoms with van der Waals surface area (Å²) in [7, 11) is 9.59. The first-order chi connectivity index (χ1) is 12.3. The summed E-state index contributed by atoms with van der Waals surface area (Å²) in [5, 5.41) is 14.5. The van der Waals surface area contributed by atoms with Crippen molar-refractivity contribution in [2.45, 2.75) is 50.9 Å². The molecule has 0 aromatic carbocycles. The van der Waals surface area contributed by atoms with Gasteiger partial charge < -0.3 is 21.3 Å². The summed E-state index contributed by atoms with van der Waals surface area (Å²) in [5.41, 5.74) is 2.26. The molecule has 0 amide bonds. The van der Waals surface area contributed by atoms with Crippen LogP contribution in [0.1, 0.15) is 37.1 Å². The second kappa shape index (κ2) is 13.3. The van der Waals surface area contributed by atoms with Gasteiger partial charge in [-0.1, -0.05) is 18.9 Å². The number of hydrogen-bond donors (Lipinski definition) is 4. The molecule has 1 aromatic rings. The van der Waals surface area contributed by atoms with E-state index in [9.17, 15) is 0 Å². The summed E-state index contributed by atoms with van der Waals surface area (Å²) < 4.78 is 0. The van der Waals surface area contributed by atoms with Crippen LogP contribution in [0.15, 0.2) is 18.2 Å². The Kier molecular flexibility index (Phi) is 11.4. The van der Waals surface area contributed by atoms with Gasteiger partial charge in [-0.3, -0.25) is 4.98 Å². The quantitative estimate of drug-likeness (QED) is 0.477. The summed E-state index contributed by atoms with van der Waals surface area (Å²) in [6, 6.07) is 7.55. The molecule has 0 unspecified atom stereocenters. The van der Waals surface area contributed by atoms with E-state index in [0.717, 1.165) is 50.7 Å². The van der Waals surface area contributed by atoms with Gasteiger partial charge in [0.05, 0.1) is 11.4 Å². The summed E-state index contributed by atoms with van der Waals surface area (Å²) in [4.78, 5) is 4.69. The first-order valence-corrected chi connectivity index (χ1v) is 12.3. The Labute approximate surface area is 166 Å². The molecule has 0 saturated heterocycles. The van der Waals surface area contributed by atoms with Crippen LogP contribution < -0.4 is 21.3 Å². The van der Waals surface area contributed by atoms with Crippen LogP contribution in [-0.2, 0) is 26.2 Å². The van der Waals surface area contributed by atoms with E-state index in [-0.39, 0.29) is 13.1 Å². The fraction of sp³-hybridized carbons (Fsp3) is 0.706. The van der Waals surface area contributed by atoms with Crippen molar-refractivity contribution in [2.24, 2.45) is 0 Å². The van der Waals surface area contributed by atoms with Crippen LogP contribution in [0.4, 0.5) is 0 Å². The van der Waals surface area contributed by atoms with Crippen LogP contribution in [0.25, 0.3) is 0 Å². The van der Waals surface area contributed by atoms with Gasteiger partial charge in [0.1, 0.15) is 0 Å². The maximum Gasteiger partial charge on any atom is 0.0545 e. The van der Waals surface area contributed by atoms with Crippen molar-refractivity contribution in [1.82, 2.24) is 26.3 Å². The van der Waals surface area contributed by atoms with E-state index in [4.69, 9.17) is 25.2 Å². The maximum atomic E-state index is 4.80. The topological polar surface area (TPSA) is 61.0 Å². The molecule has 5 nitrogen and oxygen atoms in total. The van der Waals surface area contributed by atoms with E-state index in [1.165, 1.54) is 25.7 Å². The van der Waals surface area contributed by atoms with Gasteiger partial charge in [-0.25, -0.2) is 0 Å². The number of hydrogen-bond acceptors (Lipinski definition) is 5. The molecule has 2 atom stereocenters. The fourth-order valence-corrected chi connectivity index (χ4v) is 3.47. The Bertz CT molecular complexity index is 443. The van der Waals surface area contributed by atoms with Crippen molar-refractivity contribution in [3.05, 3.63) is 29.6 Å². The van der Waals surface area contributed by atoms with Gasteiger partial charge in [-0.2, -0.15) is 0 Å². The standard InChI is InChI=1S/C17H29N5.2ClH.Mn/c1-2-7-17-16(6-1)20-10-8-18-12-14-4-3-5-15(22-14)13-19-9-11-21-17;;;/h3-5,16-21H,1-2,6-13H2;2*1H;/q;;;+2/p-2/t16-,17-;;;/m1.../s1. The van der Waals surface area contributed by atoms with Gasteiger partial charge in [-0.15, -0.1) is 0 Å². The molecule has 2 aliphatic rings. The summed E-state index contributed by atoms with van der Waals surface area (Å²) in [6.07, 6.45) is 5.31. The van der Waals surface area contributed by atoms with E-state index in [0.29, 0.717) is 12.1 Å². The van der Waals surface area contributed by atoms with Crippen molar-refractivity contribution < 1.29 is 13.1 Å². The van der Waals surface area contributed by atoms with Crippen LogP contribution in [0.3, 0.4) is 0 Å². The van der Waals surface area contributed by atoms with Crippen LogP contribution in [0.5, 0.6) is 0 Å². The zero-order valence-electron chi connectivity index (χ0n) is 14.5. The summed E-state index contributed by atoms with van der Waals surface area (Å²) in [6.45, 7) is 5.74. The van der Waals surface area contributed by atoms with Crippen LogP contribution in [-0.4, -0.2) is 43.2 Å². The van der Waals surface area contributed by atoms with Crippen LogP contribution in [0.2, 0.25) is 0 Å². The minimum absolute atomic E-state index is 0.00694. The third-order valence-corrected chi connectivity index (χ3v) is 4.66. The zero-order valence-corrected chi connectivity index (χ0v) is 17.2. The number of rotatable bonds is 0. The van der Waals surface area contributed by atoms with E-state index in [1.807, 2.05) is 0 Å². The predicted molar refractivity (Wildman–Crippen MR) is 101 cm³/mol. The molecule has 1 saturated carbocycles. The molecular formula is C17H29Cl2MnN5. The number of nitrogens with zero attached hydrogens (tertiary/aromatic N) is 1. The van der Waals surface area contributed by atoms with E-state index < -0.39 is 0 Å². The van der Waals surface area contributed by atoms with Gasteiger partial charge >= 0.3 is 33.3 Å². The van der Waals surface area contributed by atoms with Gasteiger partial charge in [0.2, 0.25) is 0 Å². The Morgan fingerprint density at radius 2 is 1.32 bits per heavy atom. The average molecular weight is 429 g/mol. The first kappa shape index (κ1) is 21.4. The maximum absolute atomic E-state index is 4.80. The van der Waals surface area contributed by atoms with Gasteiger partial charge in [0, 0.05) is 51.4 Å². The number of nitrogens with one attached hydrogen (secondary N) is 4. The normalized spacial score (nSPS) is 25.5. The minimum atomic E-state index is 0.00694. The van der Waals surface area contributed by atoms with Crippen molar-refractivity contribution >= 4 is 20.2 Å². The number of aromatic nitrogens is 1. The SMILES string of the molecule is [Cl][Mn][Cl].c1cc2nc(c1)CNCCN[C@@H]1CCCC[C@H]1NCCNC2. The number of halogens is 2. The molecule has 1 aliphatic heterocycles.